The fourth-order valence-corrected chi connectivity index (χ4v) is 1.63. The summed E-state index contributed by atoms with van der Waals surface area (Å²) in [7, 11) is 0. The summed E-state index contributed by atoms with van der Waals surface area (Å²) in [5.74, 6) is -0.285. The number of carbonyl (C=O) groups is 1. The first-order chi connectivity index (χ1) is 8.31. The second-order valence-corrected chi connectivity index (χ2v) is 3.81. The van der Waals surface area contributed by atoms with E-state index in [1.54, 1.807) is 12.3 Å². The van der Waals surface area contributed by atoms with E-state index in [-0.39, 0.29) is 5.91 Å². The van der Waals surface area contributed by atoms with E-state index >= 15 is 0 Å². The minimum Gasteiger partial charge on any atom is -0.385 e. The maximum Gasteiger partial charge on any atom is 0.261 e. The smallest absolute Gasteiger partial charge is 0.261 e. The quantitative estimate of drug-likeness (QED) is 0.841. The van der Waals surface area contributed by atoms with Crippen LogP contribution < -0.4 is 10.6 Å². The van der Waals surface area contributed by atoms with Crippen molar-refractivity contribution in [3.63, 3.8) is 0 Å². The molecule has 17 heavy (non-hydrogen) atoms. The lowest BCUT2D eigenvalue weighted by Gasteiger charge is -2.08. The number of rotatable bonds is 4. The van der Waals surface area contributed by atoms with Crippen LogP contribution >= 0.6 is 11.5 Å². The lowest BCUT2D eigenvalue weighted by molar-refractivity contribution is 0.102. The lowest BCUT2D eigenvalue weighted by Crippen LogP contribution is -2.15. The predicted molar refractivity (Wildman–Crippen MR) is 64.1 cm³/mol. The molecule has 2 aromatic rings. The Morgan fingerprint density at radius 1 is 1.53 bits per heavy atom. The Morgan fingerprint density at radius 2 is 2.41 bits per heavy atom. The molecule has 2 rings (SSSR count). The highest BCUT2D eigenvalue weighted by atomic mass is 32.1. The van der Waals surface area contributed by atoms with Gasteiger partial charge < -0.3 is 5.32 Å². The van der Waals surface area contributed by atoms with Gasteiger partial charge in [0.05, 0.1) is 11.3 Å². The summed E-state index contributed by atoms with van der Waals surface area (Å²) in [4.78, 5) is 15.9. The van der Waals surface area contributed by atoms with Gasteiger partial charge in [0.15, 0.2) is 0 Å². The Kier molecular flexibility index (Phi) is 3.55. The van der Waals surface area contributed by atoms with Gasteiger partial charge in [-0.05, 0) is 18.2 Å². The highest BCUT2D eigenvalue weighted by Gasteiger charge is 2.12. The van der Waals surface area contributed by atoms with Gasteiger partial charge in [0.25, 0.3) is 5.91 Å². The highest BCUT2D eigenvalue weighted by Crippen LogP contribution is 2.15. The van der Waals surface area contributed by atoms with E-state index in [2.05, 4.69) is 30.4 Å². The van der Waals surface area contributed by atoms with Crippen LogP contribution in [0, 0.1) is 0 Å². The molecule has 2 N–H and O–H groups in total. The standard InChI is InChI=1S/C9H10N6OS/c1-2-11-7-3-4-10-5-6(7)8(16)12-9-13-14-15-17-9/h3-5H,2H2,1H3,(H,10,11)(H,12,13,15,16). The van der Waals surface area contributed by atoms with E-state index in [0.29, 0.717) is 10.7 Å². The number of amides is 1. The zero-order chi connectivity index (χ0) is 12.1. The van der Waals surface area contributed by atoms with E-state index < -0.39 is 0 Å². The molecule has 0 fully saturated rings. The van der Waals surface area contributed by atoms with Gasteiger partial charge in [-0.1, -0.05) is 9.59 Å². The third-order valence-corrected chi connectivity index (χ3v) is 2.46. The lowest BCUT2D eigenvalue weighted by atomic mass is 10.2. The minimum absolute atomic E-state index is 0.285. The molecule has 0 aromatic carbocycles. The molecule has 0 bridgehead atoms. The molecule has 0 spiro atoms. The summed E-state index contributed by atoms with van der Waals surface area (Å²) in [6.45, 7) is 2.68. The number of hydrogen-bond acceptors (Lipinski definition) is 7. The number of aromatic nitrogens is 4. The summed E-state index contributed by atoms with van der Waals surface area (Å²) in [5.41, 5.74) is 1.20. The number of anilines is 2. The molecule has 0 saturated carbocycles. The number of carbonyl (C=O) groups excluding carboxylic acids is 1. The molecule has 8 heteroatoms. The molecule has 0 aliphatic heterocycles. The minimum atomic E-state index is -0.285. The Morgan fingerprint density at radius 3 is 3.12 bits per heavy atom. The molecule has 0 aliphatic rings. The Hall–Kier alpha value is -2.09. The summed E-state index contributed by atoms with van der Waals surface area (Å²) in [5, 5.41) is 13.1. The molecular formula is C9H10N6OS. The molecule has 0 unspecified atom stereocenters. The molecule has 7 nitrogen and oxygen atoms in total. The zero-order valence-electron chi connectivity index (χ0n) is 9.04. The number of nitrogens with one attached hydrogen (secondary N) is 2. The van der Waals surface area contributed by atoms with Crippen molar-refractivity contribution in [2.45, 2.75) is 6.92 Å². The van der Waals surface area contributed by atoms with Crippen molar-refractivity contribution in [3.8, 4) is 0 Å². The zero-order valence-corrected chi connectivity index (χ0v) is 9.86. The van der Waals surface area contributed by atoms with Gasteiger partial charge in [0, 0.05) is 30.5 Å². The first-order valence-electron chi connectivity index (χ1n) is 4.95. The third-order valence-electron chi connectivity index (χ3n) is 1.95. The molecule has 0 radical (unpaired) electrons. The number of pyridine rings is 1. The second kappa shape index (κ2) is 5.30. The molecule has 88 valence electrons. The van der Waals surface area contributed by atoms with Crippen LogP contribution in [0.15, 0.2) is 18.5 Å². The van der Waals surface area contributed by atoms with Crippen molar-refractivity contribution in [2.75, 3.05) is 17.2 Å². The molecule has 0 aliphatic carbocycles. The largest absolute Gasteiger partial charge is 0.385 e. The van der Waals surface area contributed by atoms with Gasteiger partial charge in [-0.2, -0.15) is 0 Å². The van der Waals surface area contributed by atoms with E-state index in [0.717, 1.165) is 23.8 Å². The highest BCUT2D eigenvalue weighted by molar-refractivity contribution is 7.09. The van der Waals surface area contributed by atoms with Gasteiger partial charge in [0.1, 0.15) is 0 Å². The normalized spacial score (nSPS) is 9.94. The summed E-state index contributed by atoms with van der Waals surface area (Å²) >= 11 is 1.02. The first-order valence-corrected chi connectivity index (χ1v) is 5.73. The molecule has 0 atom stereocenters. The van der Waals surface area contributed by atoms with Crippen LogP contribution in [0.1, 0.15) is 17.3 Å². The van der Waals surface area contributed by atoms with Crippen molar-refractivity contribution in [2.24, 2.45) is 0 Å². The Balaban J connectivity index is 2.18. The topological polar surface area (TPSA) is 92.7 Å². The summed E-state index contributed by atoms with van der Waals surface area (Å²) in [6, 6.07) is 1.75. The summed E-state index contributed by atoms with van der Waals surface area (Å²) in [6.07, 6.45) is 3.13. The van der Waals surface area contributed by atoms with Gasteiger partial charge >= 0.3 is 0 Å². The number of nitrogens with zero attached hydrogens (tertiary/aromatic N) is 4. The van der Waals surface area contributed by atoms with Gasteiger partial charge in [-0.15, -0.1) is 0 Å². The maximum atomic E-state index is 11.9. The van der Waals surface area contributed by atoms with E-state index in [1.807, 2.05) is 6.92 Å². The molecule has 0 saturated heterocycles. The molecule has 2 aromatic heterocycles. The molecule has 1 amide bonds. The van der Waals surface area contributed by atoms with Crippen molar-refractivity contribution < 1.29 is 4.79 Å². The van der Waals surface area contributed by atoms with E-state index in [9.17, 15) is 4.79 Å². The van der Waals surface area contributed by atoms with Crippen LogP contribution in [0.25, 0.3) is 0 Å². The fraction of sp³-hybridized carbons (Fsp3) is 0.222. The van der Waals surface area contributed by atoms with Gasteiger partial charge in [0.2, 0.25) is 5.13 Å². The average Bonchev–Trinajstić information content (AvgIpc) is 2.83. The SMILES string of the molecule is CCNc1ccncc1C(=O)Nc1nnns1. The van der Waals surface area contributed by atoms with Crippen LogP contribution in [0.5, 0.6) is 0 Å². The van der Waals surface area contributed by atoms with E-state index in [4.69, 9.17) is 0 Å². The Bertz CT molecular complexity index is 500. The first kappa shape index (κ1) is 11.4. The van der Waals surface area contributed by atoms with Crippen LogP contribution in [0.3, 0.4) is 0 Å². The van der Waals surface area contributed by atoms with E-state index in [1.165, 1.54) is 6.20 Å². The van der Waals surface area contributed by atoms with Gasteiger partial charge in [-0.25, -0.2) is 0 Å². The van der Waals surface area contributed by atoms with Crippen molar-refractivity contribution in [1.82, 2.24) is 19.8 Å². The predicted octanol–water partition coefficient (Wildman–Crippen LogP) is 1.01. The number of hydrogen-bond donors (Lipinski definition) is 2. The molecular weight excluding hydrogens is 240 g/mol. The van der Waals surface area contributed by atoms with Crippen LogP contribution in [0.2, 0.25) is 0 Å². The fourth-order valence-electron chi connectivity index (χ4n) is 1.27. The second-order valence-electron chi connectivity index (χ2n) is 3.07. The summed E-state index contributed by atoms with van der Waals surface area (Å²) < 4.78 is 3.56. The van der Waals surface area contributed by atoms with Crippen molar-refractivity contribution in [1.29, 1.82) is 0 Å². The van der Waals surface area contributed by atoms with Crippen LogP contribution in [0.4, 0.5) is 10.8 Å². The maximum absolute atomic E-state index is 11.9. The third kappa shape index (κ3) is 2.72. The van der Waals surface area contributed by atoms with Gasteiger partial charge in [-0.3, -0.25) is 15.1 Å². The van der Waals surface area contributed by atoms with Crippen LogP contribution in [-0.4, -0.2) is 32.2 Å². The van der Waals surface area contributed by atoms with Crippen molar-refractivity contribution in [3.05, 3.63) is 24.0 Å². The van der Waals surface area contributed by atoms with Crippen LogP contribution in [-0.2, 0) is 0 Å². The molecule has 2 heterocycles. The Labute approximate surface area is 101 Å². The average molecular weight is 250 g/mol. The monoisotopic (exact) mass is 250 g/mol. The van der Waals surface area contributed by atoms with Crippen molar-refractivity contribution >= 4 is 28.3 Å².